The lowest BCUT2D eigenvalue weighted by Gasteiger charge is -2.09. The Morgan fingerprint density at radius 1 is 1.19 bits per heavy atom. The summed E-state index contributed by atoms with van der Waals surface area (Å²) in [5, 5.41) is 26.3. The molecule has 0 fully saturated rings. The van der Waals surface area contributed by atoms with Crippen molar-refractivity contribution in [1.82, 2.24) is 15.2 Å². The fourth-order valence-corrected chi connectivity index (χ4v) is 4.61. The number of carboxylic acid groups (broad SMARTS) is 1. The molecule has 8 nitrogen and oxygen atoms in total. The van der Waals surface area contributed by atoms with E-state index in [1.54, 1.807) is 48.5 Å². The Bertz CT molecular complexity index is 1520. The third kappa shape index (κ3) is 6.71. The molecule has 0 aliphatic heterocycles. The molecule has 37 heavy (non-hydrogen) atoms. The summed E-state index contributed by atoms with van der Waals surface area (Å²) in [6.07, 6.45) is 1.53. The minimum absolute atomic E-state index is 0.0294. The van der Waals surface area contributed by atoms with Crippen LogP contribution in [0.5, 0.6) is 11.5 Å². The van der Waals surface area contributed by atoms with Gasteiger partial charge < -0.3 is 14.6 Å². The second kappa shape index (κ2) is 12.0. The highest BCUT2D eigenvalue weighted by Gasteiger charge is 2.17. The van der Waals surface area contributed by atoms with Crippen LogP contribution in [-0.4, -0.2) is 33.4 Å². The highest BCUT2D eigenvalue weighted by molar-refractivity contribution is 9.10. The van der Waals surface area contributed by atoms with Crippen LogP contribution in [0, 0.1) is 11.3 Å². The van der Waals surface area contributed by atoms with Crippen molar-refractivity contribution in [1.29, 1.82) is 5.26 Å². The molecular formula is C26H18BrClN4O4S. The van der Waals surface area contributed by atoms with Crippen LogP contribution in [0.15, 0.2) is 75.2 Å². The number of thioether (sulfide) groups is 1. The van der Waals surface area contributed by atoms with Gasteiger partial charge in [0.2, 0.25) is 5.16 Å². The number of methoxy groups -OCH3 is 1. The SMILES string of the molecule is COc1ccc(Cl)cc1-c1nc(S/C(=C\c2ccc(OCc3ccc(C#N)cc3)c(Br)c2)C(=O)O)n[nH]1. The van der Waals surface area contributed by atoms with E-state index in [9.17, 15) is 9.90 Å². The molecule has 0 saturated heterocycles. The number of nitrogens with one attached hydrogen (secondary N) is 1. The standard InChI is InChI=1S/C26H18BrClN4O4S/c1-35-21-9-7-18(28)12-19(21)24-30-26(32-31-24)37-23(25(33)34)11-17-6-8-22(20(27)10-17)36-14-16-4-2-15(13-29)3-5-16/h2-12H,14H2,1H3,(H,33,34)(H,30,31,32)/b23-11-. The number of aliphatic carboxylic acids is 1. The van der Waals surface area contributed by atoms with E-state index in [2.05, 4.69) is 37.2 Å². The summed E-state index contributed by atoms with van der Waals surface area (Å²) in [6.45, 7) is 0.320. The molecule has 0 spiro atoms. The molecule has 0 aliphatic rings. The van der Waals surface area contributed by atoms with E-state index in [1.165, 1.54) is 13.2 Å². The van der Waals surface area contributed by atoms with Crippen LogP contribution >= 0.6 is 39.3 Å². The van der Waals surface area contributed by atoms with Crippen LogP contribution in [0.3, 0.4) is 0 Å². The minimum Gasteiger partial charge on any atom is -0.496 e. The average molecular weight is 598 g/mol. The summed E-state index contributed by atoms with van der Waals surface area (Å²) >= 11 is 10.5. The first-order chi connectivity index (χ1) is 17.9. The van der Waals surface area contributed by atoms with Gasteiger partial charge in [0.05, 0.1) is 28.8 Å². The van der Waals surface area contributed by atoms with Crippen molar-refractivity contribution in [3.63, 3.8) is 0 Å². The largest absolute Gasteiger partial charge is 0.496 e. The number of nitrogens with zero attached hydrogens (tertiary/aromatic N) is 3. The van der Waals surface area contributed by atoms with Crippen LogP contribution in [0.1, 0.15) is 16.7 Å². The van der Waals surface area contributed by atoms with Gasteiger partial charge in [0.15, 0.2) is 5.82 Å². The summed E-state index contributed by atoms with van der Waals surface area (Å²) in [5.74, 6) is 0.435. The normalized spacial score (nSPS) is 11.1. The highest BCUT2D eigenvalue weighted by atomic mass is 79.9. The number of aromatic amines is 1. The zero-order chi connectivity index (χ0) is 26.4. The number of nitriles is 1. The van der Waals surface area contributed by atoms with Crippen molar-refractivity contribution in [3.05, 3.63) is 91.8 Å². The Kier molecular flexibility index (Phi) is 8.50. The van der Waals surface area contributed by atoms with Gasteiger partial charge in [0.25, 0.3) is 0 Å². The van der Waals surface area contributed by atoms with Gasteiger partial charge in [-0.15, -0.1) is 5.10 Å². The summed E-state index contributed by atoms with van der Waals surface area (Å²) in [6, 6.07) is 19.6. The monoisotopic (exact) mass is 596 g/mol. The number of hydrogen-bond donors (Lipinski definition) is 2. The molecule has 4 aromatic rings. The van der Waals surface area contributed by atoms with E-state index in [1.807, 2.05) is 12.1 Å². The van der Waals surface area contributed by atoms with Gasteiger partial charge in [-0.2, -0.15) is 5.26 Å². The molecule has 2 N–H and O–H groups in total. The first kappa shape index (κ1) is 26.3. The van der Waals surface area contributed by atoms with Crippen LogP contribution in [-0.2, 0) is 11.4 Å². The van der Waals surface area contributed by atoms with Crippen LogP contribution in [0.2, 0.25) is 5.02 Å². The number of H-pyrrole nitrogens is 1. The summed E-state index contributed by atoms with van der Waals surface area (Å²) in [7, 11) is 1.53. The quantitative estimate of drug-likeness (QED) is 0.164. The molecule has 0 amide bonds. The number of benzene rings is 3. The summed E-state index contributed by atoms with van der Waals surface area (Å²) < 4.78 is 11.9. The predicted molar refractivity (Wildman–Crippen MR) is 144 cm³/mol. The molecule has 3 aromatic carbocycles. The molecule has 11 heteroatoms. The number of hydrogen-bond acceptors (Lipinski definition) is 7. The smallest absolute Gasteiger partial charge is 0.342 e. The Balaban J connectivity index is 1.49. The minimum atomic E-state index is -1.12. The number of aromatic nitrogens is 3. The average Bonchev–Trinajstić information content (AvgIpc) is 3.36. The molecule has 0 bridgehead atoms. The van der Waals surface area contributed by atoms with Gasteiger partial charge in [-0.3, -0.25) is 5.10 Å². The molecule has 0 saturated carbocycles. The fraction of sp³-hybridized carbons (Fsp3) is 0.0769. The van der Waals surface area contributed by atoms with Crippen molar-refractivity contribution < 1.29 is 19.4 Å². The predicted octanol–water partition coefficient (Wildman–Crippen LogP) is 6.56. The second-order valence-electron chi connectivity index (χ2n) is 7.51. The maximum absolute atomic E-state index is 11.9. The first-order valence-corrected chi connectivity index (χ1v) is 12.7. The maximum Gasteiger partial charge on any atom is 0.342 e. The summed E-state index contributed by atoms with van der Waals surface area (Å²) in [4.78, 5) is 16.4. The van der Waals surface area contributed by atoms with E-state index < -0.39 is 5.97 Å². The highest BCUT2D eigenvalue weighted by Crippen LogP contribution is 2.34. The lowest BCUT2D eigenvalue weighted by atomic mass is 10.1. The van der Waals surface area contributed by atoms with Crippen LogP contribution in [0.4, 0.5) is 0 Å². The van der Waals surface area contributed by atoms with E-state index >= 15 is 0 Å². The Morgan fingerprint density at radius 2 is 1.95 bits per heavy atom. The lowest BCUT2D eigenvalue weighted by Crippen LogP contribution is -1.98. The number of ether oxygens (including phenoxy) is 2. The van der Waals surface area contributed by atoms with Crippen LogP contribution < -0.4 is 9.47 Å². The summed E-state index contributed by atoms with van der Waals surface area (Å²) in [5.41, 5.74) is 2.75. The second-order valence-corrected chi connectivity index (χ2v) is 9.81. The van der Waals surface area contributed by atoms with E-state index in [4.69, 9.17) is 26.3 Å². The third-order valence-electron chi connectivity index (χ3n) is 5.02. The van der Waals surface area contributed by atoms with Gasteiger partial charge in [0.1, 0.15) is 23.0 Å². The Hall–Kier alpha value is -3.78. The zero-order valence-electron chi connectivity index (χ0n) is 19.2. The number of carboxylic acids is 1. The lowest BCUT2D eigenvalue weighted by molar-refractivity contribution is -0.131. The van der Waals surface area contributed by atoms with Gasteiger partial charge in [-0.1, -0.05) is 29.8 Å². The third-order valence-corrected chi connectivity index (χ3v) is 6.76. The number of carbonyl (C=O) groups is 1. The fourth-order valence-electron chi connectivity index (χ4n) is 3.22. The number of rotatable bonds is 9. The van der Waals surface area contributed by atoms with E-state index in [0.717, 1.165) is 17.3 Å². The molecule has 0 atom stereocenters. The Morgan fingerprint density at radius 3 is 2.62 bits per heavy atom. The van der Waals surface area contributed by atoms with Crippen molar-refractivity contribution >= 4 is 51.3 Å². The molecule has 1 heterocycles. The van der Waals surface area contributed by atoms with Crippen molar-refractivity contribution in [3.8, 4) is 29.0 Å². The molecule has 4 rings (SSSR count). The van der Waals surface area contributed by atoms with Crippen molar-refractivity contribution in [2.45, 2.75) is 11.8 Å². The van der Waals surface area contributed by atoms with Crippen LogP contribution in [0.25, 0.3) is 17.5 Å². The number of halogens is 2. The molecule has 0 aliphatic carbocycles. The molecule has 186 valence electrons. The molecule has 0 unspecified atom stereocenters. The van der Waals surface area contributed by atoms with Crippen molar-refractivity contribution in [2.75, 3.05) is 7.11 Å². The topological polar surface area (TPSA) is 121 Å². The van der Waals surface area contributed by atoms with Crippen molar-refractivity contribution in [2.24, 2.45) is 0 Å². The zero-order valence-corrected chi connectivity index (χ0v) is 22.4. The van der Waals surface area contributed by atoms with Gasteiger partial charge >= 0.3 is 5.97 Å². The molecule has 0 radical (unpaired) electrons. The molecule has 1 aromatic heterocycles. The van der Waals surface area contributed by atoms with E-state index in [0.29, 0.717) is 50.1 Å². The van der Waals surface area contributed by atoms with Gasteiger partial charge in [-0.25, -0.2) is 9.78 Å². The maximum atomic E-state index is 11.9. The molecular weight excluding hydrogens is 580 g/mol. The van der Waals surface area contributed by atoms with E-state index in [-0.39, 0.29) is 10.1 Å². The van der Waals surface area contributed by atoms with Gasteiger partial charge in [-0.05, 0) is 87.4 Å². The Labute approximate surface area is 230 Å². The first-order valence-electron chi connectivity index (χ1n) is 10.7. The van der Waals surface area contributed by atoms with Gasteiger partial charge in [0, 0.05) is 5.02 Å².